The number of para-hydroxylation sites is 1. The lowest BCUT2D eigenvalue weighted by Gasteiger charge is -2.05. The van der Waals surface area contributed by atoms with E-state index in [2.05, 4.69) is 5.32 Å². The van der Waals surface area contributed by atoms with Crippen molar-refractivity contribution in [2.75, 3.05) is 6.54 Å². The highest BCUT2D eigenvalue weighted by Crippen LogP contribution is 2.31. The van der Waals surface area contributed by atoms with Gasteiger partial charge < -0.3 is 10.4 Å². The molecule has 0 unspecified atom stereocenters. The van der Waals surface area contributed by atoms with Gasteiger partial charge in [-0.1, -0.05) is 31.0 Å². The first-order valence-corrected chi connectivity index (χ1v) is 5.34. The first-order chi connectivity index (χ1) is 6.86. The van der Waals surface area contributed by atoms with Gasteiger partial charge in [0.2, 0.25) is 0 Å². The summed E-state index contributed by atoms with van der Waals surface area (Å²) in [7, 11) is 0. The van der Waals surface area contributed by atoms with E-state index >= 15 is 0 Å². The fourth-order valence-electron chi connectivity index (χ4n) is 1.60. The van der Waals surface area contributed by atoms with Crippen molar-refractivity contribution >= 4 is 0 Å². The van der Waals surface area contributed by atoms with Crippen LogP contribution in [0.25, 0.3) is 0 Å². The second-order valence-corrected chi connectivity index (χ2v) is 4.04. The molecule has 14 heavy (non-hydrogen) atoms. The molecule has 1 aliphatic carbocycles. The van der Waals surface area contributed by atoms with Crippen molar-refractivity contribution in [3.05, 3.63) is 29.8 Å². The van der Waals surface area contributed by atoms with Crippen LogP contribution >= 0.6 is 0 Å². The highest BCUT2D eigenvalue weighted by Gasteiger charge is 2.19. The predicted molar refractivity (Wildman–Crippen MR) is 57.2 cm³/mol. The first kappa shape index (κ1) is 9.53. The SMILES string of the molecule is Oc1ccccc1CNCCC1CC1. The third-order valence-electron chi connectivity index (χ3n) is 2.73. The van der Waals surface area contributed by atoms with Crippen molar-refractivity contribution in [3.8, 4) is 5.75 Å². The summed E-state index contributed by atoms with van der Waals surface area (Å²) in [6.07, 6.45) is 4.12. The van der Waals surface area contributed by atoms with Crippen molar-refractivity contribution in [1.29, 1.82) is 0 Å². The molecule has 1 fully saturated rings. The number of rotatable bonds is 5. The van der Waals surface area contributed by atoms with Gasteiger partial charge in [-0.25, -0.2) is 0 Å². The zero-order chi connectivity index (χ0) is 9.80. The van der Waals surface area contributed by atoms with Gasteiger partial charge in [0.1, 0.15) is 5.75 Å². The van der Waals surface area contributed by atoms with E-state index in [4.69, 9.17) is 0 Å². The lowest BCUT2D eigenvalue weighted by molar-refractivity contribution is 0.463. The Morgan fingerprint density at radius 3 is 2.79 bits per heavy atom. The van der Waals surface area contributed by atoms with E-state index in [0.717, 1.165) is 24.6 Å². The maximum absolute atomic E-state index is 9.49. The molecule has 0 aliphatic heterocycles. The van der Waals surface area contributed by atoms with Crippen LogP contribution in [-0.2, 0) is 6.54 Å². The van der Waals surface area contributed by atoms with Gasteiger partial charge in [-0.3, -0.25) is 0 Å². The van der Waals surface area contributed by atoms with Gasteiger partial charge in [-0.15, -0.1) is 0 Å². The van der Waals surface area contributed by atoms with Gasteiger partial charge in [-0.05, 0) is 24.9 Å². The Labute approximate surface area is 85.0 Å². The van der Waals surface area contributed by atoms with E-state index < -0.39 is 0 Å². The lowest BCUT2D eigenvalue weighted by atomic mass is 10.2. The fraction of sp³-hybridized carbons (Fsp3) is 0.500. The number of hydrogen-bond donors (Lipinski definition) is 2. The van der Waals surface area contributed by atoms with Crippen LogP contribution in [0.4, 0.5) is 0 Å². The molecular formula is C12H17NO. The summed E-state index contributed by atoms with van der Waals surface area (Å²) < 4.78 is 0. The summed E-state index contributed by atoms with van der Waals surface area (Å²) in [5, 5.41) is 12.8. The molecule has 0 radical (unpaired) electrons. The Bertz CT molecular complexity index is 294. The maximum Gasteiger partial charge on any atom is 0.120 e. The third-order valence-corrected chi connectivity index (χ3v) is 2.73. The molecule has 2 rings (SSSR count). The number of benzene rings is 1. The standard InChI is InChI=1S/C12H17NO/c14-12-4-2-1-3-11(12)9-13-8-7-10-5-6-10/h1-4,10,13-14H,5-9H2. The Morgan fingerprint density at radius 2 is 2.07 bits per heavy atom. The van der Waals surface area contributed by atoms with Crippen LogP contribution in [0.5, 0.6) is 5.75 Å². The second-order valence-electron chi connectivity index (χ2n) is 4.04. The fourth-order valence-corrected chi connectivity index (χ4v) is 1.60. The smallest absolute Gasteiger partial charge is 0.120 e. The van der Waals surface area contributed by atoms with E-state index in [-0.39, 0.29) is 0 Å². The van der Waals surface area contributed by atoms with Crippen LogP contribution in [0.15, 0.2) is 24.3 Å². The molecule has 0 bridgehead atoms. The molecule has 1 saturated carbocycles. The van der Waals surface area contributed by atoms with Crippen molar-refractivity contribution in [2.45, 2.75) is 25.8 Å². The summed E-state index contributed by atoms with van der Waals surface area (Å²) >= 11 is 0. The van der Waals surface area contributed by atoms with Gasteiger partial charge in [0, 0.05) is 12.1 Å². The van der Waals surface area contributed by atoms with Gasteiger partial charge in [0.15, 0.2) is 0 Å². The summed E-state index contributed by atoms with van der Waals surface area (Å²) in [6, 6.07) is 7.50. The number of phenolic OH excluding ortho intramolecular Hbond substituents is 1. The van der Waals surface area contributed by atoms with Crippen LogP contribution < -0.4 is 5.32 Å². The number of phenols is 1. The van der Waals surface area contributed by atoms with Crippen molar-refractivity contribution in [3.63, 3.8) is 0 Å². The molecule has 1 aromatic carbocycles. The summed E-state index contributed by atoms with van der Waals surface area (Å²) in [6.45, 7) is 1.85. The molecule has 0 amide bonds. The Balaban J connectivity index is 1.71. The molecule has 2 nitrogen and oxygen atoms in total. The summed E-state index contributed by atoms with van der Waals surface area (Å²) in [5.41, 5.74) is 0.989. The Kier molecular flexibility index (Phi) is 3.04. The van der Waals surface area contributed by atoms with Gasteiger partial charge >= 0.3 is 0 Å². The Morgan fingerprint density at radius 1 is 1.29 bits per heavy atom. The average Bonchev–Trinajstić information content (AvgIpc) is 2.99. The van der Waals surface area contributed by atoms with Gasteiger partial charge in [0.05, 0.1) is 0 Å². The van der Waals surface area contributed by atoms with E-state index in [0.29, 0.717) is 5.75 Å². The predicted octanol–water partition coefficient (Wildman–Crippen LogP) is 2.28. The van der Waals surface area contributed by atoms with Gasteiger partial charge in [-0.2, -0.15) is 0 Å². The van der Waals surface area contributed by atoms with Crippen LogP contribution in [0.2, 0.25) is 0 Å². The molecule has 76 valence electrons. The lowest BCUT2D eigenvalue weighted by Crippen LogP contribution is -2.15. The minimum atomic E-state index is 0.395. The monoisotopic (exact) mass is 191 g/mol. The van der Waals surface area contributed by atoms with Crippen molar-refractivity contribution < 1.29 is 5.11 Å². The van der Waals surface area contributed by atoms with E-state index in [1.807, 2.05) is 18.2 Å². The normalized spacial score (nSPS) is 15.7. The molecule has 2 N–H and O–H groups in total. The van der Waals surface area contributed by atoms with E-state index in [1.54, 1.807) is 6.07 Å². The van der Waals surface area contributed by atoms with E-state index in [9.17, 15) is 5.11 Å². The van der Waals surface area contributed by atoms with Crippen LogP contribution in [0, 0.1) is 5.92 Å². The highest BCUT2D eigenvalue weighted by atomic mass is 16.3. The molecule has 2 heteroatoms. The molecule has 0 aromatic heterocycles. The quantitative estimate of drug-likeness (QED) is 0.700. The zero-order valence-electron chi connectivity index (χ0n) is 8.37. The van der Waals surface area contributed by atoms with Crippen molar-refractivity contribution in [1.82, 2.24) is 5.32 Å². The third kappa shape index (κ3) is 2.74. The summed E-state index contributed by atoms with van der Waals surface area (Å²) in [4.78, 5) is 0. The summed E-state index contributed by atoms with van der Waals surface area (Å²) in [5.74, 6) is 1.37. The maximum atomic E-state index is 9.49. The molecule has 0 atom stereocenters. The molecule has 0 spiro atoms. The van der Waals surface area contributed by atoms with Crippen LogP contribution in [-0.4, -0.2) is 11.7 Å². The average molecular weight is 191 g/mol. The minimum Gasteiger partial charge on any atom is -0.508 e. The van der Waals surface area contributed by atoms with Crippen LogP contribution in [0.3, 0.4) is 0 Å². The van der Waals surface area contributed by atoms with Crippen molar-refractivity contribution in [2.24, 2.45) is 5.92 Å². The molecular weight excluding hydrogens is 174 g/mol. The zero-order valence-corrected chi connectivity index (χ0v) is 8.37. The number of nitrogens with one attached hydrogen (secondary N) is 1. The highest BCUT2D eigenvalue weighted by molar-refractivity contribution is 5.31. The Hall–Kier alpha value is -1.02. The minimum absolute atomic E-state index is 0.395. The number of hydrogen-bond acceptors (Lipinski definition) is 2. The molecule has 0 heterocycles. The van der Waals surface area contributed by atoms with E-state index in [1.165, 1.54) is 19.3 Å². The van der Waals surface area contributed by atoms with Crippen LogP contribution in [0.1, 0.15) is 24.8 Å². The number of aromatic hydroxyl groups is 1. The molecule has 0 saturated heterocycles. The first-order valence-electron chi connectivity index (χ1n) is 5.34. The topological polar surface area (TPSA) is 32.3 Å². The van der Waals surface area contributed by atoms with Gasteiger partial charge in [0.25, 0.3) is 0 Å². The largest absolute Gasteiger partial charge is 0.508 e. The molecule has 1 aromatic rings. The molecule has 1 aliphatic rings. The second kappa shape index (κ2) is 4.47.